The molecular weight excluding hydrogens is 210 g/mol. The number of hydrogen-bond donors (Lipinski definition) is 0. The number of rotatable bonds is 6. The summed E-state index contributed by atoms with van der Waals surface area (Å²) in [6.45, 7) is 9.53. The lowest BCUT2D eigenvalue weighted by Crippen LogP contribution is -2.31. The Morgan fingerprint density at radius 3 is 2.18 bits per heavy atom. The third-order valence-corrected chi connectivity index (χ3v) is 2.93. The fourth-order valence-electron chi connectivity index (χ4n) is 1.97. The Kier molecular flexibility index (Phi) is 5.20. The highest BCUT2D eigenvalue weighted by Crippen LogP contribution is 2.18. The molecule has 0 aliphatic rings. The van der Waals surface area contributed by atoms with E-state index in [-0.39, 0.29) is 5.78 Å². The predicted molar refractivity (Wildman–Crippen MR) is 73.8 cm³/mol. The average molecular weight is 233 g/mol. The van der Waals surface area contributed by atoms with Gasteiger partial charge in [-0.2, -0.15) is 0 Å². The van der Waals surface area contributed by atoms with Crippen LogP contribution < -0.4 is 4.90 Å². The molecule has 0 N–H and O–H groups in total. The lowest BCUT2D eigenvalue weighted by Gasteiger charge is -2.28. The molecule has 1 aromatic rings. The van der Waals surface area contributed by atoms with Crippen LogP contribution in [0.3, 0.4) is 0 Å². The molecule has 1 aromatic carbocycles. The number of ketones is 1. The molecule has 2 nitrogen and oxygen atoms in total. The van der Waals surface area contributed by atoms with E-state index in [2.05, 4.69) is 37.8 Å². The Labute approximate surface area is 105 Å². The third-order valence-electron chi connectivity index (χ3n) is 2.93. The van der Waals surface area contributed by atoms with Crippen LogP contribution in [0.15, 0.2) is 24.3 Å². The van der Waals surface area contributed by atoms with E-state index < -0.39 is 0 Å². The highest BCUT2D eigenvalue weighted by atomic mass is 16.1. The Bertz CT molecular complexity index is 354. The summed E-state index contributed by atoms with van der Waals surface area (Å²) in [6, 6.07) is 8.47. The van der Waals surface area contributed by atoms with Crippen molar-refractivity contribution < 1.29 is 4.79 Å². The molecule has 2 heteroatoms. The summed E-state index contributed by atoms with van der Waals surface area (Å²) in [7, 11) is 0. The predicted octanol–water partition coefficient (Wildman–Crippen LogP) is 3.90. The molecule has 0 aromatic heterocycles. The quantitative estimate of drug-likeness (QED) is 0.694. The molecule has 0 saturated carbocycles. The van der Waals surface area contributed by atoms with Gasteiger partial charge in [0.2, 0.25) is 0 Å². The van der Waals surface area contributed by atoms with Crippen molar-refractivity contribution in [3.8, 4) is 0 Å². The van der Waals surface area contributed by atoms with Gasteiger partial charge in [0.1, 0.15) is 0 Å². The van der Waals surface area contributed by atoms with Crippen LogP contribution in [0.1, 0.15) is 50.9 Å². The van der Waals surface area contributed by atoms with Crippen molar-refractivity contribution in [2.45, 2.75) is 46.6 Å². The third kappa shape index (κ3) is 3.58. The summed E-state index contributed by atoms with van der Waals surface area (Å²) in [5, 5.41) is 0. The molecule has 0 aliphatic heterocycles. The molecule has 0 unspecified atom stereocenters. The van der Waals surface area contributed by atoms with Crippen molar-refractivity contribution in [3.63, 3.8) is 0 Å². The maximum Gasteiger partial charge on any atom is 0.162 e. The monoisotopic (exact) mass is 233 g/mol. The normalized spacial score (nSPS) is 10.6. The van der Waals surface area contributed by atoms with Crippen molar-refractivity contribution in [2.75, 3.05) is 11.4 Å². The van der Waals surface area contributed by atoms with Crippen LogP contribution in [0, 0.1) is 0 Å². The molecular formula is C15H23NO. The summed E-state index contributed by atoms with van der Waals surface area (Å²) >= 11 is 0. The summed E-state index contributed by atoms with van der Waals surface area (Å²) in [5.41, 5.74) is 2.02. The van der Waals surface area contributed by atoms with Gasteiger partial charge in [0.15, 0.2) is 5.78 Å². The molecule has 0 saturated heterocycles. The topological polar surface area (TPSA) is 20.3 Å². The van der Waals surface area contributed by atoms with E-state index in [1.165, 1.54) is 5.69 Å². The minimum absolute atomic E-state index is 0.211. The molecule has 94 valence electrons. The van der Waals surface area contributed by atoms with Crippen LogP contribution in [0.2, 0.25) is 0 Å². The van der Waals surface area contributed by atoms with E-state index in [0.29, 0.717) is 12.5 Å². The smallest absolute Gasteiger partial charge is 0.162 e. The maximum atomic E-state index is 11.5. The first kappa shape index (κ1) is 13.8. The number of anilines is 1. The molecule has 0 radical (unpaired) electrons. The molecule has 1 rings (SSSR count). The van der Waals surface area contributed by atoms with E-state index in [0.717, 1.165) is 18.5 Å². The first-order valence-corrected chi connectivity index (χ1v) is 6.50. The van der Waals surface area contributed by atoms with Gasteiger partial charge in [-0.05, 0) is 44.5 Å². The lowest BCUT2D eigenvalue weighted by atomic mass is 10.1. The lowest BCUT2D eigenvalue weighted by molar-refractivity contribution is 0.0988. The average Bonchev–Trinajstić information content (AvgIpc) is 2.35. The largest absolute Gasteiger partial charge is 0.369 e. The molecule has 0 bridgehead atoms. The first-order chi connectivity index (χ1) is 8.10. The van der Waals surface area contributed by atoms with E-state index >= 15 is 0 Å². The number of carbonyl (C=O) groups is 1. The summed E-state index contributed by atoms with van der Waals surface area (Å²) in [6.07, 6.45) is 1.70. The molecule has 0 heterocycles. The van der Waals surface area contributed by atoms with E-state index in [4.69, 9.17) is 0 Å². The molecule has 0 fully saturated rings. The van der Waals surface area contributed by atoms with Gasteiger partial charge in [0.05, 0.1) is 0 Å². The highest BCUT2D eigenvalue weighted by Gasteiger charge is 2.10. The fourth-order valence-corrected chi connectivity index (χ4v) is 1.97. The maximum absolute atomic E-state index is 11.5. The summed E-state index contributed by atoms with van der Waals surface area (Å²) < 4.78 is 0. The van der Waals surface area contributed by atoms with Crippen LogP contribution >= 0.6 is 0 Å². The number of benzene rings is 1. The Morgan fingerprint density at radius 2 is 1.76 bits per heavy atom. The zero-order valence-electron chi connectivity index (χ0n) is 11.4. The Hall–Kier alpha value is -1.31. The summed E-state index contributed by atoms with van der Waals surface area (Å²) in [4.78, 5) is 13.9. The van der Waals surface area contributed by atoms with E-state index in [1.807, 2.05) is 19.1 Å². The van der Waals surface area contributed by atoms with Gasteiger partial charge in [-0.1, -0.05) is 13.8 Å². The second-order valence-electron chi connectivity index (χ2n) is 4.61. The van der Waals surface area contributed by atoms with Crippen molar-refractivity contribution in [2.24, 2.45) is 0 Å². The zero-order chi connectivity index (χ0) is 12.8. The van der Waals surface area contributed by atoms with E-state index in [1.54, 1.807) is 0 Å². The number of carbonyl (C=O) groups excluding carboxylic acids is 1. The number of hydrogen-bond acceptors (Lipinski definition) is 2. The molecule has 0 amide bonds. The van der Waals surface area contributed by atoms with Crippen LogP contribution in [0.5, 0.6) is 0 Å². The van der Waals surface area contributed by atoms with Crippen molar-refractivity contribution in [3.05, 3.63) is 29.8 Å². The molecule has 17 heavy (non-hydrogen) atoms. The highest BCUT2D eigenvalue weighted by molar-refractivity contribution is 5.96. The summed E-state index contributed by atoms with van der Waals surface area (Å²) in [5.74, 6) is 0.211. The zero-order valence-corrected chi connectivity index (χ0v) is 11.4. The van der Waals surface area contributed by atoms with Crippen LogP contribution in [-0.2, 0) is 0 Å². The van der Waals surface area contributed by atoms with Crippen molar-refractivity contribution in [1.29, 1.82) is 0 Å². The molecule has 0 aliphatic carbocycles. The minimum atomic E-state index is 0.211. The fraction of sp³-hybridized carbons (Fsp3) is 0.533. The van der Waals surface area contributed by atoms with Gasteiger partial charge in [0.25, 0.3) is 0 Å². The second kappa shape index (κ2) is 6.43. The Morgan fingerprint density at radius 1 is 1.18 bits per heavy atom. The van der Waals surface area contributed by atoms with E-state index in [9.17, 15) is 4.79 Å². The van der Waals surface area contributed by atoms with Crippen molar-refractivity contribution in [1.82, 2.24) is 0 Å². The van der Waals surface area contributed by atoms with Gasteiger partial charge in [-0.15, -0.1) is 0 Å². The SMILES string of the molecule is CCCN(c1ccc(C(=O)CC)cc1)C(C)C. The van der Waals surface area contributed by atoms with Crippen molar-refractivity contribution >= 4 is 11.5 Å². The van der Waals surface area contributed by atoms with Crippen LogP contribution in [-0.4, -0.2) is 18.4 Å². The number of nitrogens with zero attached hydrogens (tertiary/aromatic N) is 1. The van der Waals surface area contributed by atoms with Gasteiger partial charge in [-0.25, -0.2) is 0 Å². The molecule has 0 spiro atoms. The second-order valence-corrected chi connectivity index (χ2v) is 4.61. The first-order valence-electron chi connectivity index (χ1n) is 6.50. The number of Topliss-reactive ketones (excluding diaryl/α,β-unsaturated/α-hetero) is 1. The molecule has 0 atom stereocenters. The van der Waals surface area contributed by atoms with Gasteiger partial charge < -0.3 is 4.90 Å². The Balaban J connectivity index is 2.88. The van der Waals surface area contributed by atoms with Gasteiger partial charge >= 0.3 is 0 Å². The standard InChI is InChI=1S/C15H23NO/c1-5-11-16(12(3)4)14-9-7-13(8-10-14)15(17)6-2/h7-10,12H,5-6,11H2,1-4H3. The van der Waals surface area contributed by atoms with Gasteiger partial charge in [-0.3, -0.25) is 4.79 Å². The van der Waals surface area contributed by atoms with Crippen LogP contribution in [0.4, 0.5) is 5.69 Å². The van der Waals surface area contributed by atoms with Crippen LogP contribution in [0.25, 0.3) is 0 Å². The minimum Gasteiger partial charge on any atom is -0.369 e. The van der Waals surface area contributed by atoms with Gasteiger partial charge in [0, 0.05) is 30.3 Å².